The number of rotatable bonds is 1. The zero-order valence-electron chi connectivity index (χ0n) is 8.50. The molecule has 1 saturated carbocycles. The van der Waals surface area contributed by atoms with E-state index in [0.717, 1.165) is 0 Å². The smallest absolute Gasteiger partial charge is 0.142 e. The van der Waals surface area contributed by atoms with Gasteiger partial charge in [0.25, 0.3) is 0 Å². The van der Waals surface area contributed by atoms with Gasteiger partial charge in [-0.3, -0.25) is 9.59 Å². The largest absolute Gasteiger partial charge is 0.299 e. The lowest BCUT2D eigenvalue weighted by molar-refractivity contribution is -0.130. The van der Waals surface area contributed by atoms with Crippen molar-refractivity contribution < 1.29 is 14.0 Å². The van der Waals surface area contributed by atoms with Crippen LogP contribution in [0.2, 0.25) is 5.02 Å². The van der Waals surface area contributed by atoms with Crippen LogP contribution in [0.15, 0.2) is 18.2 Å². The molecule has 0 atom stereocenters. The van der Waals surface area contributed by atoms with E-state index < -0.39 is 5.82 Å². The highest BCUT2D eigenvalue weighted by molar-refractivity contribution is 6.30. The molecule has 0 spiro atoms. The Balaban J connectivity index is 2.26. The number of ketones is 2. The summed E-state index contributed by atoms with van der Waals surface area (Å²) in [4.78, 5) is 22.5. The second-order valence-corrected chi connectivity index (χ2v) is 4.44. The minimum atomic E-state index is -0.510. The van der Waals surface area contributed by atoms with Gasteiger partial charge in [0.2, 0.25) is 0 Å². The van der Waals surface area contributed by atoms with Crippen molar-refractivity contribution in [2.75, 3.05) is 0 Å². The zero-order valence-corrected chi connectivity index (χ0v) is 9.26. The van der Waals surface area contributed by atoms with Crippen LogP contribution in [0.25, 0.3) is 0 Å². The van der Waals surface area contributed by atoms with Crippen molar-refractivity contribution in [3.63, 3.8) is 0 Å². The molecule has 2 nitrogen and oxygen atoms in total. The summed E-state index contributed by atoms with van der Waals surface area (Å²) in [7, 11) is 0. The van der Waals surface area contributed by atoms with E-state index in [2.05, 4.69) is 0 Å². The molecule has 1 aromatic rings. The lowest BCUT2D eigenvalue weighted by Gasteiger charge is -2.20. The van der Waals surface area contributed by atoms with Gasteiger partial charge >= 0.3 is 0 Å². The molecular formula is C12H10ClFO2. The lowest BCUT2D eigenvalue weighted by atomic mass is 9.83. The van der Waals surface area contributed by atoms with Crippen LogP contribution in [-0.2, 0) is 9.59 Å². The van der Waals surface area contributed by atoms with Gasteiger partial charge in [-0.2, -0.15) is 0 Å². The van der Waals surface area contributed by atoms with E-state index in [0.29, 0.717) is 18.4 Å². The first kappa shape index (κ1) is 11.3. The van der Waals surface area contributed by atoms with Crippen molar-refractivity contribution in [2.24, 2.45) is 0 Å². The third-order valence-electron chi connectivity index (χ3n) is 2.76. The first-order valence-corrected chi connectivity index (χ1v) is 5.42. The standard InChI is InChI=1S/C12H10ClFO2/c13-11-2-1-7(5-12(11)14)8-3-9(15)6-10(16)4-8/h1-2,5,8H,3-4,6H2. The molecule has 1 aliphatic rings. The topological polar surface area (TPSA) is 34.1 Å². The Hall–Kier alpha value is -1.22. The number of Topliss-reactive ketones (excluding diaryl/α,β-unsaturated/α-hetero) is 2. The van der Waals surface area contributed by atoms with Gasteiger partial charge in [0.1, 0.15) is 17.4 Å². The van der Waals surface area contributed by atoms with Crippen LogP contribution in [0.5, 0.6) is 0 Å². The molecule has 84 valence electrons. The van der Waals surface area contributed by atoms with Gasteiger partial charge in [0, 0.05) is 12.8 Å². The van der Waals surface area contributed by atoms with Crippen molar-refractivity contribution >= 4 is 23.2 Å². The Morgan fingerprint density at radius 2 is 1.81 bits per heavy atom. The number of hydrogen-bond donors (Lipinski definition) is 0. The highest BCUT2D eigenvalue weighted by atomic mass is 35.5. The van der Waals surface area contributed by atoms with Crippen molar-refractivity contribution in [1.29, 1.82) is 0 Å². The molecule has 2 rings (SSSR count). The molecule has 4 heteroatoms. The minimum absolute atomic E-state index is 0.0204. The lowest BCUT2D eigenvalue weighted by Crippen LogP contribution is -2.21. The number of halogens is 2. The fourth-order valence-corrected chi connectivity index (χ4v) is 2.11. The van der Waals surface area contributed by atoms with Gasteiger partial charge in [-0.15, -0.1) is 0 Å². The molecule has 0 N–H and O–H groups in total. The number of carbonyl (C=O) groups excluding carboxylic acids is 2. The summed E-state index contributed by atoms with van der Waals surface area (Å²) in [6.07, 6.45) is 0.645. The Bertz CT molecular complexity index is 440. The highest BCUT2D eigenvalue weighted by Gasteiger charge is 2.26. The monoisotopic (exact) mass is 240 g/mol. The van der Waals surface area contributed by atoms with E-state index >= 15 is 0 Å². The van der Waals surface area contributed by atoms with Crippen molar-refractivity contribution in [3.05, 3.63) is 34.6 Å². The van der Waals surface area contributed by atoms with E-state index in [4.69, 9.17) is 11.6 Å². The van der Waals surface area contributed by atoms with Crippen LogP contribution in [0.1, 0.15) is 30.7 Å². The van der Waals surface area contributed by atoms with Gasteiger partial charge in [-0.05, 0) is 23.6 Å². The third kappa shape index (κ3) is 2.30. The van der Waals surface area contributed by atoms with Crippen LogP contribution in [-0.4, -0.2) is 11.6 Å². The summed E-state index contributed by atoms with van der Waals surface area (Å²) in [5.74, 6) is -0.849. The van der Waals surface area contributed by atoms with E-state index in [-0.39, 0.29) is 28.9 Å². The quantitative estimate of drug-likeness (QED) is 0.708. The summed E-state index contributed by atoms with van der Waals surface area (Å²) in [5.41, 5.74) is 0.670. The van der Waals surface area contributed by atoms with Crippen molar-refractivity contribution in [1.82, 2.24) is 0 Å². The molecule has 0 amide bonds. The Morgan fingerprint density at radius 1 is 1.19 bits per heavy atom. The van der Waals surface area contributed by atoms with Crippen molar-refractivity contribution in [2.45, 2.75) is 25.2 Å². The number of benzene rings is 1. The van der Waals surface area contributed by atoms with E-state index in [9.17, 15) is 14.0 Å². The predicted molar refractivity (Wildman–Crippen MR) is 58.0 cm³/mol. The summed E-state index contributed by atoms with van der Waals surface area (Å²) >= 11 is 5.57. The molecule has 0 heterocycles. The maximum Gasteiger partial charge on any atom is 0.142 e. The maximum atomic E-state index is 13.2. The molecular weight excluding hydrogens is 231 g/mol. The van der Waals surface area contributed by atoms with E-state index in [1.54, 1.807) is 6.07 Å². The maximum absolute atomic E-state index is 13.2. The van der Waals surface area contributed by atoms with Crippen LogP contribution in [0, 0.1) is 5.82 Å². The fraction of sp³-hybridized carbons (Fsp3) is 0.333. The first-order valence-electron chi connectivity index (χ1n) is 5.04. The summed E-state index contributed by atoms with van der Waals surface area (Å²) < 4.78 is 13.2. The average molecular weight is 241 g/mol. The molecule has 1 fully saturated rings. The fourth-order valence-electron chi connectivity index (χ4n) is 1.99. The first-order chi connectivity index (χ1) is 7.56. The average Bonchev–Trinajstić information content (AvgIpc) is 2.20. The van der Waals surface area contributed by atoms with Crippen LogP contribution in [0.3, 0.4) is 0 Å². The van der Waals surface area contributed by atoms with Crippen LogP contribution in [0.4, 0.5) is 4.39 Å². The summed E-state index contributed by atoms with van der Waals surface area (Å²) in [5, 5.41) is 0.0530. The molecule has 0 radical (unpaired) electrons. The summed E-state index contributed by atoms with van der Waals surface area (Å²) in [6.45, 7) is 0. The molecule has 0 saturated heterocycles. The highest BCUT2D eigenvalue weighted by Crippen LogP contribution is 2.30. The molecule has 0 aliphatic heterocycles. The second kappa shape index (κ2) is 4.34. The number of carbonyl (C=O) groups is 2. The van der Waals surface area contributed by atoms with Gasteiger partial charge in [-0.25, -0.2) is 4.39 Å². The number of hydrogen-bond acceptors (Lipinski definition) is 2. The Morgan fingerprint density at radius 3 is 2.38 bits per heavy atom. The van der Waals surface area contributed by atoms with E-state index in [1.807, 2.05) is 0 Å². The molecule has 1 aliphatic carbocycles. The third-order valence-corrected chi connectivity index (χ3v) is 3.06. The van der Waals surface area contributed by atoms with Gasteiger partial charge in [-0.1, -0.05) is 17.7 Å². The van der Waals surface area contributed by atoms with Crippen LogP contribution >= 0.6 is 11.6 Å². The minimum Gasteiger partial charge on any atom is -0.299 e. The Kier molecular flexibility index (Phi) is 3.06. The van der Waals surface area contributed by atoms with Gasteiger partial charge < -0.3 is 0 Å². The predicted octanol–water partition coefficient (Wildman–Crippen LogP) is 2.88. The molecule has 16 heavy (non-hydrogen) atoms. The zero-order chi connectivity index (χ0) is 11.7. The molecule has 0 aromatic heterocycles. The van der Waals surface area contributed by atoms with Crippen LogP contribution < -0.4 is 0 Å². The molecule has 1 aromatic carbocycles. The summed E-state index contributed by atoms with van der Waals surface area (Å²) in [6, 6.07) is 4.43. The Labute approximate surface area is 97.4 Å². The van der Waals surface area contributed by atoms with E-state index in [1.165, 1.54) is 12.1 Å². The van der Waals surface area contributed by atoms with Gasteiger partial charge in [0.05, 0.1) is 11.4 Å². The SMILES string of the molecule is O=C1CC(=O)CC(c2ccc(Cl)c(F)c2)C1. The second-order valence-electron chi connectivity index (χ2n) is 4.03. The van der Waals surface area contributed by atoms with Crippen molar-refractivity contribution in [3.8, 4) is 0 Å². The van der Waals surface area contributed by atoms with Gasteiger partial charge in [0.15, 0.2) is 0 Å². The molecule has 0 unspecified atom stereocenters. The normalized spacial score (nSPS) is 17.9. The molecule has 0 bridgehead atoms.